The Morgan fingerprint density at radius 3 is 2.32 bits per heavy atom. The number of aromatic nitrogens is 2. The van der Waals surface area contributed by atoms with Gasteiger partial charge in [0.25, 0.3) is 11.5 Å². The molecule has 10 nitrogen and oxygen atoms in total. The second kappa shape index (κ2) is 16.7. The SMILES string of the molecule is Cc1cc(CN2CCNCC2)ccc1OC(C)C.O=C(COc1ccc(Cl)cc1)N1CCN(Cc2nc3ccccc3c(=O)[nH]2)CC1. The number of para-hydroxylation sites is 1. The van der Waals surface area contributed by atoms with Crippen LogP contribution in [0.5, 0.6) is 11.5 Å². The second-order valence-corrected chi connectivity index (χ2v) is 12.7. The van der Waals surface area contributed by atoms with E-state index in [1.165, 1.54) is 11.1 Å². The molecule has 2 aliphatic rings. The zero-order valence-corrected chi connectivity index (χ0v) is 28.3. The zero-order valence-electron chi connectivity index (χ0n) is 27.5. The summed E-state index contributed by atoms with van der Waals surface area (Å²) < 4.78 is 11.3. The Kier molecular flexibility index (Phi) is 12.2. The molecule has 0 saturated carbocycles. The number of halogens is 1. The van der Waals surface area contributed by atoms with Gasteiger partial charge in [0, 0.05) is 63.9 Å². The first kappa shape index (κ1) is 34.4. The molecule has 2 N–H and O–H groups in total. The van der Waals surface area contributed by atoms with Crippen molar-refractivity contribution in [2.24, 2.45) is 0 Å². The third kappa shape index (κ3) is 10.3. The number of rotatable bonds is 9. The van der Waals surface area contributed by atoms with Gasteiger partial charge in [-0.05, 0) is 74.4 Å². The Morgan fingerprint density at radius 1 is 0.915 bits per heavy atom. The van der Waals surface area contributed by atoms with E-state index in [2.05, 4.69) is 64.1 Å². The summed E-state index contributed by atoms with van der Waals surface area (Å²) in [6.07, 6.45) is 0.239. The lowest BCUT2D eigenvalue weighted by Crippen LogP contribution is -2.49. The van der Waals surface area contributed by atoms with Gasteiger partial charge in [-0.1, -0.05) is 35.9 Å². The molecule has 3 heterocycles. The molecule has 3 aromatic carbocycles. The van der Waals surface area contributed by atoms with Crippen molar-refractivity contribution in [2.45, 2.75) is 40.0 Å². The van der Waals surface area contributed by atoms with Gasteiger partial charge in [0.2, 0.25) is 0 Å². The summed E-state index contributed by atoms with van der Waals surface area (Å²) in [6.45, 7) is 15.0. The fourth-order valence-corrected chi connectivity index (χ4v) is 5.79. The number of aryl methyl sites for hydroxylation is 1. The first-order chi connectivity index (χ1) is 22.7. The highest BCUT2D eigenvalue weighted by Gasteiger charge is 2.22. The van der Waals surface area contributed by atoms with Crippen molar-refractivity contribution < 1.29 is 14.3 Å². The van der Waals surface area contributed by atoms with E-state index >= 15 is 0 Å². The van der Waals surface area contributed by atoms with E-state index in [1.807, 2.05) is 18.2 Å². The molecule has 2 saturated heterocycles. The number of fused-ring (bicyclic) bond motifs is 1. The van der Waals surface area contributed by atoms with Crippen LogP contribution in [0.3, 0.4) is 0 Å². The summed E-state index contributed by atoms with van der Waals surface area (Å²) in [6, 6.07) is 20.8. The molecule has 0 spiro atoms. The highest BCUT2D eigenvalue weighted by molar-refractivity contribution is 6.30. The zero-order chi connectivity index (χ0) is 33.2. The maximum atomic E-state index is 12.4. The molecular weight excluding hydrogens is 616 g/mol. The number of ether oxygens (including phenoxy) is 2. The fourth-order valence-electron chi connectivity index (χ4n) is 5.67. The lowest BCUT2D eigenvalue weighted by molar-refractivity contribution is -0.135. The third-order valence-corrected chi connectivity index (χ3v) is 8.41. The predicted molar refractivity (Wildman–Crippen MR) is 186 cm³/mol. The molecule has 0 bridgehead atoms. The Morgan fingerprint density at radius 2 is 1.62 bits per heavy atom. The number of hydrogen-bond acceptors (Lipinski definition) is 8. The molecule has 47 heavy (non-hydrogen) atoms. The van der Waals surface area contributed by atoms with Crippen molar-refractivity contribution in [1.29, 1.82) is 0 Å². The van der Waals surface area contributed by atoms with Gasteiger partial charge < -0.3 is 24.7 Å². The monoisotopic (exact) mass is 660 g/mol. The van der Waals surface area contributed by atoms with Crippen molar-refractivity contribution in [3.05, 3.63) is 99.1 Å². The molecule has 2 fully saturated rings. The summed E-state index contributed by atoms with van der Waals surface area (Å²) in [5, 5.41) is 4.60. The standard InChI is InChI=1S/C21H21ClN4O3.C15H24N2O/c22-15-5-7-16(8-6-15)29-14-20(27)26-11-9-25(10-12-26)13-19-23-18-4-2-1-3-17(18)21(28)24-19;1-12(2)18-15-5-4-14(10-13(15)3)11-17-8-6-16-7-9-17/h1-8H,9-14H2,(H,23,24,28);4-5,10,12,16H,6-9,11H2,1-3H3. The molecule has 11 heteroatoms. The van der Waals surface area contributed by atoms with Gasteiger partial charge in [-0.25, -0.2) is 4.98 Å². The largest absolute Gasteiger partial charge is 0.491 e. The van der Waals surface area contributed by atoms with Crippen LogP contribution in [0.4, 0.5) is 0 Å². The fraction of sp³-hybridized carbons (Fsp3) is 0.417. The summed E-state index contributed by atoms with van der Waals surface area (Å²) >= 11 is 5.85. The van der Waals surface area contributed by atoms with Crippen LogP contribution in [0.1, 0.15) is 30.8 Å². The molecule has 1 aromatic heterocycles. The summed E-state index contributed by atoms with van der Waals surface area (Å²) in [7, 11) is 0. The minimum absolute atomic E-state index is 0.00117. The summed E-state index contributed by atoms with van der Waals surface area (Å²) in [5.74, 6) is 2.22. The first-order valence-electron chi connectivity index (χ1n) is 16.3. The topological polar surface area (TPSA) is 103 Å². The maximum absolute atomic E-state index is 12.4. The van der Waals surface area contributed by atoms with Crippen molar-refractivity contribution in [3.63, 3.8) is 0 Å². The van der Waals surface area contributed by atoms with Gasteiger partial charge in [-0.3, -0.25) is 19.4 Å². The third-order valence-electron chi connectivity index (χ3n) is 8.15. The minimum Gasteiger partial charge on any atom is -0.491 e. The maximum Gasteiger partial charge on any atom is 0.260 e. The Balaban J connectivity index is 0.000000207. The van der Waals surface area contributed by atoms with Crippen LogP contribution in [-0.4, -0.2) is 95.6 Å². The second-order valence-electron chi connectivity index (χ2n) is 12.2. The Hall–Kier alpha value is -3.96. The van der Waals surface area contributed by atoms with Crippen LogP contribution < -0.4 is 20.3 Å². The van der Waals surface area contributed by atoms with E-state index in [-0.39, 0.29) is 24.2 Å². The molecule has 0 atom stereocenters. The highest BCUT2D eigenvalue weighted by Crippen LogP contribution is 2.21. The van der Waals surface area contributed by atoms with E-state index in [4.69, 9.17) is 21.1 Å². The van der Waals surface area contributed by atoms with E-state index in [0.29, 0.717) is 60.2 Å². The number of hydrogen-bond donors (Lipinski definition) is 2. The molecule has 250 valence electrons. The number of aromatic amines is 1. The number of carbonyl (C=O) groups is 1. The molecule has 2 aliphatic heterocycles. The van der Waals surface area contributed by atoms with Gasteiger partial charge in [0.1, 0.15) is 17.3 Å². The van der Waals surface area contributed by atoms with Gasteiger partial charge in [-0.15, -0.1) is 0 Å². The molecule has 0 radical (unpaired) electrons. The van der Waals surface area contributed by atoms with Crippen LogP contribution in [0.25, 0.3) is 10.9 Å². The van der Waals surface area contributed by atoms with E-state index < -0.39 is 0 Å². The number of amides is 1. The number of benzene rings is 3. The van der Waals surface area contributed by atoms with Crippen LogP contribution in [-0.2, 0) is 17.9 Å². The summed E-state index contributed by atoms with van der Waals surface area (Å²) in [5.41, 5.74) is 3.18. The van der Waals surface area contributed by atoms with Gasteiger partial charge in [0.05, 0.1) is 23.6 Å². The highest BCUT2D eigenvalue weighted by atomic mass is 35.5. The van der Waals surface area contributed by atoms with Crippen molar-refractivity contribution in [2.75, 3.05) is 59.0 Å². The minimum atomic E-state index is -0.126. The molecule has 4 aromatic rings. The lowest BCUT2D eigenvalue weighted by Gasteiger charge is -2.34. The molecule has 0 aliphatic carbocycles. The number of piperazine rings is 2. The van der Waals surface area contributed by atoms with E-state index in [1.54, 1.807) is 35.2 Å². The molecule has 6 rings (SSSR count). The smallest absolute Gasteiger partial charge is 0.260 e. The van der Waals surface area contributed by atoms with Gasteiger partial charge in [0.15, 0.2) is 6.61 Å². The van der Waals surface area contributed by atoms with Crippen molar-refractivity contribution in [3.8, 4) is 11.5 Å². The molecule has 0 unspecified atom stereocenters. The normalized spacial score (nSPS) is 15.7. The first-order valence-corrected chi connectivity index (χ1v) is 16.7. The average Bonchev–Trinajstić information content (AvgIpc) is 3.07. The molecular formula is C36H45ClN6O4. The predicted octanol–water partition coefficient (Wildman–Crippen LogP) is 4.49. The van der Waals surface area contributed by atoms with Crippen molar-refractivity contribution >= 4 is 28.4 Å². The average molecular weight is 661 g/mol. The quantitative estimate of drug-likeness (QED) is 0.271. The number of nitrogens with one attached hydrogen (secondary N) is 2. The van der Waals surface area contributed by atoms with Crippen molar-refractivity contribution in [1.82, 2.24) is 30.0 Å². The summed E-state index contributed by atoms with van der Waals surface area (Å²) in [4.78, 5) is 38.5. The lowest BCUT2D eigenvalue weighted by atomic mass is 10.1. The van der Waals surface area contributed by atoms with Gasteiger partial charge in [-0.2, -0.15) is 0 Å². The van der Waals surface area contributed by atoms with Crippen LogP contribution in [0.2, 0.25) is 5.02 Å². The van der Waals surface area contributed by atoms with Crippen LogP contribution in [0.15, 0.2) is 71.5 Å². The van der Waals surface area contributed by atoms with Gasteiger partial charge >= 0.3 is 0 Å². The molecule has 1 amide bonds. The number of nitrogens with zero attached hydrogens (tertiary/aromatic N) is 4. The van der Waals surface area contributed by atoms with E-state index in [9.17, 15) is 9.59 Å². The van der Waals surface area contributed by atoms with E-state index in [0.717, 1.165) is 38.5 Å². The van der Waals surface area contributed by atoms with Crippen LogP contribution in [0, 0.1) is 6.92 Å². The Labute approximate surface area is 281 Å². The Bertz CT molecular complexity index is 1660. The van der Waals surface area contributed by atoms with Crippen LogP contribution >= 0.6 is 11.6 Å². The number of carbonyl (C=O) groups excluding carboxylic acids is 1. The number of H-pyrrole nitrogens is 1.